The van der Waals surface area contributed by atoms with Crippen molar-refractivity contribution in [2.45, 2.75) is 18.8 Å². The number of allylic oxidation sites excluding steroid dienone is 4. The predicted molar refractivity (Wildman–Crippen MR) is 118 cm³/mol. The molecule has 2 aromatic rings. The molecule has 2 aliphatic rings. The summed E-state index contributed by atoms with van der Waals surface area (Å²) in [6.07, 6.45) is 11.4. The molecule has 2 unspecified atom stereocenters. The number of anilines is 1. The first-order valence-electron chi connectivity index (χ1n) is 9.53. The molecular weight excluding hydrogens is 462 g/mol. The zero-order valence-electron chi connectivity index (χ0n) is 15.8. The van der Waals surface area contributed by atoms with Gasteiger partial charge in [-0.2, -0.15) is 0 Å². The summed E-state index contributed by atoms with van der Waals surface area (Å²) in [6, 6.07) is 17.7. The molecule has 0 fully saturated rings. The average molecular weight is 487 g/mol. The minimum atomic E-state index is 0.417. The van der Waals surface area contributed by atoms with Crippen LogP contribution in [0.15, 0.2) is 83.5 Å². The first kappa shape index (κ1) is 18.8. The van der Waals surface area contributed by atoms with Crippen molar-refractivity contribution in [3.05, 3.63) is 83.5 Å². The number of nitrogens with zero attached hydrogens (tertiary/aromatic N) is 1. The van der Waals surface area contributed by atoms with Crippen LogP contribution in [0.1, 0.15) is 13.8 Å². The fourth-order valence-corrected chi connectivity index (χ4v) is 8.86. The Morgan fingerprint density at radius 2 is 1.74 bits per heavy atom. The summed E-state index contributed by atoms with van der Waals surface area (Å²) in [7, 11) is 0. The van der Waals surface area contributed by atoms with Crippen LogP contribution in [0.5, 0.6) is 0 Å². The predicted octanol–water partition coefficient (Wildman–Crippen LogP) is 1.72. The van der Waals surface area contributed by atoms with Gasteiger partial charge in [0, 0.05) is 0 Å². The molecule has 138 valence electrons. The summed E-state index contributed by atoms with van der Waals surface area (Å²) in [5.74, 6) is 0. The number of quaternary nitrogens is 1. The van der Waals surface area contributed by atoms with Crippen LogP contribution < -0.4 is 18.7 Å². The van der Waals surface area contributed by atoms with Crippen LogP contribution in [-0.2, 0) is 0 Å². The van der Waals surface area contributed by atoms with Crippen molar-refractivity contribution in [1.82, 2.24) is 0 Å². The number of nitrogens with one attached hydrogen (secondary N) is 1. The van der Waals surface area contributed by atoms with Crippen molar-refractivity contribution in [2.75, 3.05) is 18.0 Å². The summed E-state index contributed by atoms with van der Waals surface area (Å²) >= 11 is 0.944. The molecule has 2 heterocycles. The van der Waals surface area contributed by atoms with Crippen LogP contribution in [-0.4, -0.2) is 47.9 Å². The maximum atomic E-state index is 2.45. The Kier molecular flexibility index (Phi) is 6.02. The molecule has 0 amide bonds. The molecule has 4 heteroatoms. The molecule has 27 heavy (non-hydrogen) atoms. The zero-order valence-corrected chi connectivity index (χ0v) is 19.2. The van der Waals surface area contributed by atoms with Crippen LogP contribution in [0.25, 0.3) is 0 Å². The van der Waals surface area contributed by atoms with E-state index in [4.69, 9.17) is 0 Å². The standard InChI is InChI=1S/C23H24N2Se2/c1-3-24-18-12-8-10-14-20(18)26-22(24)16-6-5-7-17-23-25(4-2)19-13-9-11-15-21(19)27-23/h5-17,22H,3-4H2,1-2H3/p+1/b7-5+,16-6+,23-17-. The van der Waals surface area contributed by atoms with Crippen molar-refractivity contribution < 1.29 is 4.90 Å². The maximum absolute atomic E-state index is 2.45. The minimum absolute atomic E-state index is 0.417. The molecule has 0 bridgehead atoms. The Morgan fingerprint density at radius 1 is 0.963 bits per heavy atom. The molecule has 0 saturated heterocycles. The van der Waals surface area contributed by atoms with Gasteiger partial charge >= 0.3 is 175 Å². The van der Waals surface area contributed by atoms with E-state index in [1.165, 1.54) is 20.4 Å². The van der Waals surface area contributed by atoms with Gasteiger partial charge in [-0.1, -0.05) is 0 Å². The number of para-hydroxylation sites is 2. The Morgan fingerprint density at radius 3 is 2.56 bits per heavy atom. The van der Waals surface area contributed by atoms with E-state index in [-0.39, 0.29) is 0 Å². The normalized spacial score (nSPS) is 22.9. The Bertz CT molecular complexity index is 901. The zero-order chi connectivity index (χ0) is 18.6. The van der Waals surface area contributed by atoms with Gasteiger partial charge in [0.05, 0.1) is 0 Å². The van der Waals surface area contributed by atoms with Gasteiger partial charge in [-0.3, -0.25) is 0 Å². The number of hydrogen-bond donors (Lipinski definition) is 1. The molecule has 2 aliphatic heterocycles. The second kappa shape index (κ2) is 8.64. The molecule has 0 saturated carbocycles. The van der Waals surface area contributed by atoms with Crippen LogP contribution >= 0.6 is 0 Å². The quantitative estimate of drug-likeness (QED) is 0.499. The molecule has 0 aromatic heterocycles. The van der Waals surface area contributed by atoms with Crippen LogP contribution in [0.4, 0.5) is 11.4 Å². The molecule has 0 aliphatic carbocycles. The summed E-state index contributed by atoms with van der Waals surface area (Å²) in [6.45, 7) is 6.70. The molecule has 4 rings (SSSR count). The molecule has 0 spiro atoms. The average Bonchev–Trinajstić information content (AvgIpc) is 3.24. The van der Waals surface area contributed by atoms with Crippen LogP contribution in [0.3, 0.4) is 0 Å². The number of likely N-dealkylation sites (N-methyl/N-ethyl adjacent to an activating group) is 1. The monoisotopic (exact) mass is 489 g/mol. The van der Waals surface area contributed by atoms with E-state index in [0.717, 1.165) is 13.1 Å². The van der Waals surface area contributed by atoms with Gasteiger partial charge in [0.15, 0.2) is 0 Å². The van der Waals surface area contributed by atoms with E-state index in [2.05, 4.69) is 97.7 Å². The first-order valence-corrected chi connectivity index (χ1v) is 13.1. The molecule has 2 aromatic carbocycles. The Labute approximate surface area is 175 Å². The number of hydrogen-bond acceptors (Lipinski definition) is 1. The number of rotatable bonds is 5. The van der Waals surface area contributed by atoms with Crippen molar-refractivity contribution in [1.29, 1.82) is 0 Å². The van der Waals surface area contributed by atoms with Gasteiger partial charge in [0.2, 0.25) is 0 Å². The van der Waals surface area contributed by atoms with E-state index in [1.807, 2.05) is 0 Å². The summed E-state index contributed by atoms with van der Waals surface area (Å²) < 4.78 is 4.51. The second-order valence-electron chi connectivity index (χ2n) is 6.50. The summed E-state index contributed by atoms with van der Waals surface area (Å²) in [5.41, 5.74) is 2.90. The van der Waals surface area contributed by atoms with E-state index in [1.54, 1.807) is 9.36 Å². The Hall–Kier alpha value is -1.54. The molecule has 2 nitrogen and oxygen atoms in total. The van der Waals surface area contributed by atoms with Crippen molar-refractivity contribution in [3.63, 3.8) is 0 Å². The number of benzene rings is 2. The third kappa shape index (κ3) is 3.87. The molecule has 0 radical (unpaired) electrons. The van der Waals surface area contributed by atoms with E-state index < -0.39 is 0 Å². The SMILES string of the molecule is CCN1/C(=C/C=C/C=C/C2[Se]c3ccccc3[NH+]2CC)[Se]c2ccccc21. The fraction of sp³-hybridized carbons (Fsp3) is 0.217. The van der Waals surface area contributed by atoms with Gasteiger partial charge in [0.25, 0.3) is 0 Å². The van der Waals surface area contributed by atoms with Gasteiger partial charge in [-0.15, -0.1) is 0 Å². The molecule has 2 atom stereocenters. The van der Waals surface area contributed by atoms with Gasteiger partial charge < -0.3 is 0 Å². The van der Waals surface area contributed by atoms with E-state index in [0.29, 0.717) is 34.9 Å². The molecule has 1 N–H and O–H groups in total. The Balaban J connectivity index is 1.42. The number of fused-ring (bicyclic) bond motifs is 2. The summed E-state index contributed by atoms with van der Waals surface area (Å²) in [4.78, 5) is 4.67. The first-order chi connectivity index (χ1) is 13.3. The van der Waals surface area contributed by atoms with Gasteiger partial charge in [-0.25, -0.2) is 0 Å². The third-order valence-corrected chi connectivity index (χ3v) is 10.0. The van der Waals surface area contributed by atoms with Crippen molar-refractivity contribution >= 4 is 50.2 Å². The summed E-state index contributed by atoms with van der Waals surface area (Å²) in [5, 5.41) is 0. The topological polar surface area (TPSA) is 7.68 Å². The van der Waals surface area contributed by atoms with Crippen LogP contribution in [0.2, 0.25) is 0 Å². The van der Waals surface area contributed by atoms with Crippen molar-refractivity contribution in [3.8, 4) is 0 Å². The van der Waals surface area contributed by atoms with Crippen molar-refractivity contribution in [2.24, 2.45) is 0 Å². The van der Waals surface area contributed by atoms with E-state index >= 15 is 0 Å². The van der Waals surface area contributed by atoms with Gasteiger partial charge in [-0.05, 0) is 0 Å². The third-order valence-electron chi connectivity index (χ3n) is 4.91. The van der Waals surface area contributed by atoms with Crippen LogP contribution in [0, 0.1) is 0 Å². The van der Waals surface area contributed by atoms with E-state index in [9.17, 15) is 0 Å². The fourth-order valence-electron chi connectivity index (χ4n) is 3.61. The molecular formula is C23H25N2Se2+. The second-order valence-corrected chi connectivity index (χ2v) is 11.2. The van der Waals surface area contributed by atoms with Gasteiger partial charge in [0.1, 0.15) is 0 Å².